The van der Waals surface area contributed by atoms with E-state index in [4.69, 9.17) is 4.74 Å². The van der Waals surface area contributed by atoms with Gasteiger partial charge in [0, 0.05) is 32.5 Å². The normalized spacial score (nSPS) is 10.4. The number of methoxy groups -OCH3 is 1. The van der Waals surface area contributed by atoms with Gasteiger partial charge < -0.3 is 9.64 Å². The Kier molecular flexibility index (Phi) is 5.94. The molecule has 0 radical (unpaired) electrons. The van der Waals surface area contributed by atoms with Gasteiger partial charge >= 0.3 is 0 Å². The van der Waals surface area contributed by atoms with Crippen LogP contribution in [0.5, 0.6) is 0 Å². The first-order valence-electron chi connectivity index (χ1n) is 5.63. The van der Waals surface area contributed by atoms with E-state index in [1.54, 1.807) is 19.4 Å². The Labute approximate surface area is 112 Å². The van der Waals surface area contributed by atoms with Crippen LogP contribution in [0.2, 0.25) is 0 Å². The molecule has 18 heavy (non-hydrogen) atoms. The Morgan fingerprint density at radius 3 is 2.94 bits per heavy atom. The first-order valence-corrected chi connectivity index (χ1v) is 6.26. The number of thiol groups is 1. The van der Waals surface area contributed by atoms with E-state index < -0.39 is 0 Å². The van der Waals surface area contributed by atoms with Crippen LogP contribution in [0.1, 0.15) is 0 Å². The number of likely N-dealkylation sites (N-methyl/N-ethyl adjacent to an activating group) is 1. The summed E-state index contributed by atoms with van der Waals surface area (Å²) in [6, 6.07) is 1.56. The Morgan fingerprint density at radius 2 is 2.39 bits per heavy atom. The summed E-state index contributed by atoms with van der Waals surface area (Å²) in [5, 5.41) is 4.12. The number of ether oxygens (including phenoxy) is 1. The van der Waals surface area contributed by atoms with Crippen LogP contribution in [0.3, 0.4) is 0 Å². The van der Waals surface area contributed by atoms with Gasteiger partial charge in [-0.2, -0.15) is 17.7 Å². The third-order valence-corrected chi connectivity index (χ3v) is 2.97. The fraction of sp³-hybridized carbons (Fsp3) is 0.500. The molecule has 0 atom stereocenters. The molecule has 0 N–H and O–H groups in total. The van der Waals surface area contributed by atoms with E-state index in [1.807, 2.05) is 11.9 Å². The van der Waals surface area contributed by atoms with Gasteiger partial charge in [-0.3, -0.25) is 4.79 Å². The molecule has 0 aromatic carbocycles. The molecule has 0 aliphatic carbocycles. The molecule has 0 saturated carbocycles. The highest BCUT2D eigenvalue weighted by Crippen LogP contribution is 2.06. The summed E-state index contributed by atoms with van der Waals surface area (Å²) < 4.78 is 6.37. The molecule has 1 aromatic heterocycles. The fourth-order valence-electron chi connectivity index (χ4n) is 1.37. The maximum Gasteiger partial charge on any atom is 0.269 e. The number of rotatable bonds is 7. The second kappa shape index (κ2) is 7.23. The molecule has 0 aliphatic heterocycles. The van der Waals surface area contributed by atoms with Crippen molar-refractivity contribution in [2.75, 3.05) is 38.0 Å². The van der Waals surface area contributed by atoms with Crippen molar-refractivity contribution in [1.29, 1.82) is 0 Å². The van der Waals surface area contributed by atoms with E-state index in [2.05, 4.69) is 24.3 Å². The molecule has 0 unspecified atom stereocenters. The van der Waals surface area contributed by atoms with E-state index in [9.17, 15) is 4.79 Å². The lowest BCUT2D eigenvalue weighted by Gasteiger charge is -2.18. The third kappa shape index (κ3) is 4.19. The summed E-state index contributed by atoms with van der Waals surface area (Å²) in [7, 11) is 3.54. The van der Waals surface area contributed by atoms with Gasteiger partial charge in [-0.1, -0.05) is 6.58 Å². The largest absolute Gasteiger partial charge is 0.383 e. The van der Waals surface area contributed by atoms with Crippen LogP contribution < -0.4 is 10.5 Å². The van der Waals surface area contributed by atoms with Crippen LogP contribution in [0, 0.1) is 0 Å². The minimum atomic E-state index is -0.139. The van der Waals surface area contributed by atoms with Crippen LogP contribution in [0.15, 0.2) is 29.2 Å². The summed E-state index contributed by atoms with van der Waals surface area (Å²) in [6.07, 6.45) is 1.67. The van der Waals surface area contributed by atoms with E-state index in [0.717, 1.165) is 11.3 Å². The maximum absolute atomic E-state index is 11.8. The lowest BCUT2D eigenvalue weighted by Crippen LogP contribution is -2.28. The van der Waals surface area contributed by atoms with E-state index in [0.29, 0.717) is 25.4 Å². The van der Waals surface area contributed by atoms with Crippen LogP contribution >= 0.6 is 12.6 Å². The molecule has 1 heterocycles. The first kappa shape index (κ1) is 14.8. The molecular weight excluding hydrogens is 250 g/mol. The zero-order valence-electron chi connectivity index (χ0n) is 10.8. The number of hydrogen-bond donors (Lipinski definition) is 1. The number of nitrogens with zero attached hydrogens (tertiary/aromatic N) is 3. The van der Waals surface area contributed by atoms with Crippen molar-refractivity contribution in [3.05, 3.63) is 34.8 Å². The average Bonchev–Trinajstić information content (AvgIpc) is 2.38. The van der Waals surface area contributed by atoms with E-state index in [-0.39, 0.29) is 5.56 Å². The smallest absolute Gasteiger partial charge is 0.269 e. The zero-order valence-corrected chi connectivity index (χ0v) is 11.7. The standard InChI is InChI=1S/C12H19N3O2S/c1-10(9-18)8-15-12(16)6-11(7-13-15)14(2)4-5-17-3/h6-7,18H,1,4-5,8-9H2,2-3H3. The Hall–Kier alpha value is -1.27. The molecule has 1 aromatic rings. The molecule has 0 spiro atoms. The van der Waals surface area contributed by atoms with Crippen LogP contribution in [-0.4, -0.2) is 42.8 Å². The predicted molar refractivity (Wildman–Crippen MR) is 76.6 cm³/mol. The molecular formula is C12H19N3O2S. The van der Waals surface area contributed by atoms with Gasteiger partial charge in [-0.15, -0.1) is 0 Å². The summed E-state index contributed by atoms with van der Waals surface area (Å²) in [6.45, 7) is 5.53. The Balaban J connectivity index is 2.79. The van der Waals surface area contributed by atoms with Gasteiger partial charge in [0.1, 0.15) is 0 Å². The summed E-state index contributed by atoms with van der Waals surface area (Å²) in [5.41, 5.74) is 1.50. The molecule has 0 aliphatic rings. The van der Waals surface area contributed by atoms with Crippen molar-refractivity contribution < 1.29 is 4.74 Å². The minimum Gasteiger partial charge on any atom is -0.383 e. The average molecular weight is 269 g/mol. The highest BCUT2D eigenvalue weighted by Gasteiger charge is 2.05. The SMILES string of the molecule is C=C(CS)Cn1ncc(N(C)CCOC)cc1=O. The number of aromatic nitrogens is 2. The molecule has 1 rings (SSSR count). The molecule has 0 amide bonds. The van der Waals surface area contributed by atoms with Gasteiger partial charge in [-0.25, -0.2) is 4.68 Å². The topological polar surface area (TPSA) is 47.4 Å². The number of hydrogen-bond acceptors (Lipinski definition) is 5. The molecule has 0 saturated heterocycles. The molecule has 0 bridgehead atoms. The molecule has 0 fully saturated rings. The zero-order chi connectivity index (χ0) is 13.5. The van der Waals surface area contributed by atoms with Gasteiger partial charge in [0.25, 0.3) is 5.56 Å². The molecule has 5 nitrogen and oxygen atoms in total. The van der Waals surface area contributed by atoms with Gasteiger partial charge in [0.05, 0.1) is 25.0 Å². The summed E-state index contributed by atoms with van der Waals surface area (Å²) >= 11 is 4.11. The van der Waals surface area contributed by atoms with E-state index in [1.165, 1.54) is 4.68 Å². The van der Waals surface area contributed by atoms with Crippen molar-refractivity contribution in [3.8, 4) is 0 Å². The highest BCUT2D eigenvalue weighted by molar-refractivity contribution is 7.80. The molecule has 6 heteroatoms. The quantitative estimate of drug-likeness (QED) is 0.588. The minimum absolute atomic E-state index is 0.139. The number of anilines is 1. The lowest BCUT2D eigenvalue weighted by atomic mass is 10.3. The van der Waals surface area contributed by atoms with Crippen molar-refractivity contribution in [2.24, 2.45) is 0 Å². The van der Waals surface area contributed by atoms with Gasteiger partial charge in [0.2, 0.25) is 0 Å². The van der Waals surface area contributed by atoms with Crippen LogP contribution in [0.4, 0.5) is 5.69 Å². The van der Waals surface area contributed by atoms with Crippen LogP contribution in [-0.2, 0) is 11.3 Å². The van der Waals surface area contributed by atoms with Crippen molar-refractivity contribution >= 4 is 18.3 Å². The van der Waals surface area contributed by atoms with Gasteiger partial charge in [0.15, 0.2) is 0 Å². The fourth-order valence-corrected chi connectivity index (χ4v) is 1.47. The van der Waals surface area contributed by atoms with Crippen molar-refractivity contribution in [3.63, 3.8) is 0 Å². The lowest BCUT2D eigenvalue weighted by molar-refractivity contribution is 0.206. The second-order valence-electron chi connectivity index (χ2n) is 4.03. The highest BCUT2D eigenvalue weighted by atomic mass is 32.1. The van der Waals surface area contributed by atoms with Crippen LogP contribution in [0.25, 0.3) is 0 Å². The summed E-state index contributed by atoms with van der Waals surface area (Å²) in [5.74, 6) is 0.545. The molecule has 100 valence electrons. The van der Waals surface area contributed by atoms with E-state index >= 15 is 0 Å². The summed E-state index contributed by atoms with van der Waals surface area (Å²) in [4.78, 5) is 13.8. The van der Waals surface area contributed by atoms with Gasteiger partial charge in [-0.05, 0) is 5.57 Å². The second-order valence-corrected chi connectivity index (χ2v) is 4.35. The first-order chi connectivity index (χ1) is 8.58. The third-order valence-electron chi connectivity index (χ3n) is 2.52. The van der Waals surface area contributed by atoms with Crippen molar-refractivity contribution in [2.45, 2.75) is 6.54 Å². The monoisotopic (exact) mass is 269 g/mol. The van der Waals surface area contributed by atoms with Crippen molar-refractivity contribution in [1.82, 2.24) is 9.78 Å². The Bertz CT molecular complexity index is 459. The predicted octanol–water partition coefficient (Wildman–Crippen LogP) is 0.812. The Morgan fingerprint density at radius 1 is 1.67 bits per heavy atom. The maximum atomic E-state index is 11.8.